The molecule has 9 heteroatoms. The lowest BCUT2D eigenvalue weighted by Crippen LogP contribution is -2.60. The first-order valence-electron chi connectivity index (χ1n) is 30.9. The van der Waals surface area contributed by atoms with E-state index in [9.17, 15) is 30.3 Å². The Labute approximate surface area is 433 Å². The molecule has 9 nitrogen and oxygen atoms in total. The van der Waals surface area contributed by atoms with Crippen molar-refractivity contribution in [3.8, 4) is 0 Å². The Morgan fingerprint density at radius 1 is 0.471 bits per heavy atom. The lowest BCUT2D eigenvalue weighted by atomic mass is 9.99. The number of ether oxygens (including phenoxy) is 2. The minimum atomic E-state index is -1.56. The average Bonchev–Trinajstić information content (AvgIpc) is 3.36. The van der Waals surface area contributed by atoms with Crippen LogP contribution in [0.4, 0.5) is 0 Å². The molecule has 0 bridgehead atoms. The molecule has 0 aromatic heterocycles. The number of aliphatic hydroxyl groups excluding tert-OH is 5. The molecular weight excluding hydrogens is 875 g/mol. The van der Waals surface area contributed by atoms with Crippen molar-refractivity contribution in [2.45, 2.75) is 358 Å². The van der Waals surface area contributed by atoms with Crippen LogP contribution in [0.3, 0.4) is 0 Å². The van der Waals surface area contributed by atoms with Crippen LogP contribution in [0.5, 0.6) is 0 Å². The van der Waals surface area contributed by atoms with Gasteiger partial charge in [-0.2, -0.15) is 0 Å². The summed E-state index contributed by atoms with van der Waals surface area (Å²) in [7, 11) is 0. The molecule has 1 aliphatic heterocycles. The Balaban J connectivity index is 2.18. The summed E-state index contributed by atoms with van der Waals surface area (Å²) in [5.41, 5.74) is 0. The first kappa shape index (κ1) is 66.9. The average molecular weight is 995 g/mol. The number of carbonyl (C=O) groups excluding carboxylic acids is 1. The van der Waals surface area contributed by atoms with Gasteiger partial charge in [0, 0.05) is 6.42 Å². The van der Waals surface area contributed by atoms with E-state index in [1.54, 1.807) is 6.08 Å². The van der Waals surface area contributed by atoms with Crippen molar-refractivity contribution in [3.05, 3.63) is 12.2 Å². The molecule has 0 spiro atoms. The van der Waals surface area contributed by atoms with Gasteiger partial charge in [-0.15, -0.1) is 0 Å². The number of amides is 1. The third-order valence-corrected chi connectivity index (χ3v) is 15.1. The van der Waals surface area contributed by atoms with E-state index in [1.165, 1.54) is 257 Å². The summed E-state index contributed by atoms with van der Waals surface area (Å²) in [6, 6.07) is -0.801. The maximum atomic E-state index is 13.1. The highest BCUT2D eigenvalue weighted by Gasteiger charge is 2.44. The molecule has 1 heterocycles. The maximum absolute atomic E-state index is 13.1. The Hall–Kier alpha value is -1.07. The van der Waals surface area contributed by atoms with Crippen molar-refractivity contribution in [3.63, 3.8) is 0 Å². The molecule has 6 N–H and O–H groups in total. The van der Waals surface area contributed by atoms with Crippen LogP contribution in [0.25, 0.3) is 0 Å². The Bertz CT molecular complexity index is 1110. The molecule has 416 valence electrons. The molecule has 0 aliphatic carbocycles. The minimum Gasteiger partial charge on any atom is -0.394 e. The molecule has 1 fully saturated rings. The first-order valence-corrected chi connectivity index (χ1v) is 30.9. The zero-order valence-electron chi connectivity index (χ0n) is 46.3. The molecule has 1 saturated heterocycles. The SMILES string of the molecule is CCCCCCCCCCCCCCCCCCCCCC/C=C/C(O)C(COC1OC(CO)C(O)C(O)C1O)NC(=O)CCCCCCCCCCCCCCCCCCCCCCCCCCC. The number of unbranched alkanes of at least 4 members (excludes halogenated alkanes) is 44. The van der Waals surface area contributed by atoms with Gasteiger partial charge in [0.25, 0.3) is 0 Å². The van der Waals surface area contributed by atoms with Gasteiger partial charge in [-0.25, -0.2) is 0 Å². The zero-order chi connectivity index (χ0) is 50.8. The van der Waals surface area contributed by atoms with E-state index in [-0.39, 0.29) is 12.5 Å². The summed E-state index contributed by atoms with van der Waals surface area (Å²) in [6.45, 7) is 3.83. The second-order valence-corrected chi connectivity index (χ2v) is 21.9. The van der Waals surface area contributed by atoms with Gasteiger partial charge in [0.15, 0.2) is 6.29 Å². The van der Waals surface area contributed by atoms with Gasteiger partial charge in [0.1, 0.15) is 24.4 Å². The van der Waals surface area contributed by atoms with E-state index in [0.29, 0.717) is 6.42 Å². The van der Waals surface area contributed by atoms with Crippen molar-refractivity contribution in [1.29, 1.82) is 0 Å². The number of allylic oxidation sites excluding steroid dienone is 1. The molecule has 0 aromatic carbocycles. The first-order chi connectivity index (χ1) is 34.3. The minimum absolute atomic E-state index is 0.168. The fraction of sp³-hybridized carbons (Fsp3) is 0.951. The van der Waals surface area contributed by atoms with Crippen LogP contribution < -0.4 is 5.32 Å². The van der Waals surface area contributed by atoms with Crippen LogP contribution in [0.15, 0.2) is 12.2 Å². The summed E-state index contributed by atoms with van der Waals surface area (Å²) < 4.78 is 11.3. The molecular formula is C61H119NO8. The van der Waals surface area contributed by atoms with Crippen molar-refractivity contribution in [2.75, 3.05) is 13.2 Å². The van der Waals surface area contributed by atoms with Crippen LogP contribution in [-0.2, 0) is 14.3 Å². The highest BCUT2D eigenvalue weighted by molar-refractivity contribution is 5.76. The molecule has 7 atom stereocenters. The van der Waals surface area contributed by atoms with E-state index < -0.39 is 49.5 Å². The van der Waals surface area contributed by atoms with Crippen molar-refractivity contribution >= 4 is 5.91 Å². The summed E-state index contributed by atoms with van der Waals surface area (Å²) in [4.78, 5) is 13.1. The van der Waals surface area contributed by atoms with Crippen LogP contribution >= 0.6 is 0 Å². The monoisotopic (exact) mass is 994 g/mol. The standard InChI is InChI=1S/C61H119NO8/c1-3-5-7-9-11-13-15-17-19-21-23-25-27-28-29-31-33-35-37-39-41-43-45-47-49-51-57(65)62-54(53-69-61-60(68)59(67)58(66)56(52-63)70-61)55(64)50-48-46-44-42-40-38-36-34-32-30-26-24-22-20-18-16-14-12-10-8-6-4-2/h48,50,54-56,58-61,63-64,66-68H,3-47,49,51-53H2,1-2H3,(H,62,65)/b50-48+. The van der Waals surface area contributed by atoms with Crippen molar-refractivity contribution < 1.29 is 39.8 Å². The molecule has 1 rings (SSSR count). The fourth-order valence-electron chi connectivity index (χ4n) is 10.2. The molecule has 0 saturated carbocycles. The van der Waals surface area contributed by atoms with Crippen LogP contribution in [0.2, 0.25) is 0 Å². The number of hydrogen-bond acceptors (Lipinski definition) is 8. The van der Waals surface area contributed by atoms with Crippen LogP contribution in [0.1, 0.15) is 316 Å². The summed E-state index contributed by atoms with van der Waals surface area (Å²) in [5.74, 6) is -0.168. The summed E-state index contributed by atoms with van der Waals surface area (Å²) in [6.07, 6.45) is 57.2. The van der Waals surface area contributed by atoms with Gasteiger partial charge in [-0.1, -0.05) is 302 Å². The van der Waals surface area contributed by atoms with Gasteiger partial charge in [-0.3, -0.25) is 4.79 Å². The highest BCUT2D eigenvalue weighted by atomic mass is 16.7. The van der Waals surface area contributed by atoms with E-state index >= 15 is 0 Å². The van der Waals surface area contributed by atoms with Crippen molar-refractivity contribution in [2.24, 2.45) is 0 Å². The topological polar surface area (TPSA) is 149 Å². The zero-order valence-corrected chi connectivity index (χ0v) is 46.3. The summed E-state index contributed by atoms with van der Waals surface area (Å²) in [5, 5.41) is 54.6. The normalized spacial score (nSPS) is 19.3. The fourth-order valence-corrected chi connectivity index (χ4v) is 10.2. The lowest BCUT2D eigenvalue weighted by molar-refractivity contribution is -0.302. The van der Waals surface area contributed by atoms with Crippen molar-refractivity contribution in [1.82, 2.24) is 5.32 Å². The molecule has 0 radical (unpaired) electrons. The van der Waals surface area contributed by atoms with E-state index in [0.717, 1.165) is 38.5 Å². The third kappa shape index (κ3) is 40.3. The predicted molar refractivity (Wildman–Crippen MR) is 295 cm³/mol. The molecule has 1 aliphatic rings. The number of rotatable bonds is 54. The predicted octanol–water partition coefficient (Wildman–Crippen LogP) is 15.6. The third-order valence-electron chi connectivity index (χ3n) is 15.1. The number of carbonyl (C=O) groups is 1. The lowest BCUT2D eigenvalue weighted by Gasteiger charge is -2.40. The molecule has 1 amide bonds. The van der Waals surface area contributed by atoms with Gasteiger partial charge in [0.2, 0.25) is 5.91 Å². The second kappa shape index (κ2) is 51.4. The quantitative estimate of drug-likeness (QED) is 0.0261. The summed E-state index contributed by atoms with van der Waals surface area (Å²) >= 11 is 0. The Morgan fingerprint density at radius 3 is 1.11 bits per heavy atom. The van der Waals surface area contributed by atoms with E-state index in [1.807, 2.05) is 6.08 Å². The highest BCUT2D eigenvalue weighted by Crippen LogP contribution is 2.23. The van der Waals surface area contributed by atoms with E-state index in [4.69, 9.17) is 9.47 Å². The molecule has 0 aromatic rings. The van der Waals surface area contributed by atoms with Gasteiger partial charge >= 0.3 is 0 Å². The van der Waals surface area contributed by atoms with Gasteiger partial charge < -0.3 is 40.3 Å². The number of aliphatic hydroxyl groups is 5. The number of nitrogens with one attached hydrogen (secondary N) is 1. The largest absolute Gasteiger partial charge is 0.394 e. The number of hydrogen-bond donors (Lipinski definition) is 6. The van der Waals surface area contributed by atoms with Crippen LogP contribution in [-0.4, -0.2) is 87.5 Å². The molecule has 70 heavy (non-hydrogen) atoms. The van der Waals surface area contributed by atoms with Gasteiger partial charge in [-0.05, 0) is 19.3 Å². The van der Waals surface area contributed by atoms with E-state index in [2.05, 4.69) is 19.2 Å². The van der Waals surface area contributed by atoms with Crippen LogP contribution in [0, 0.1) is 0 Å². The Morgan fingerprint density at radius 2 is 0.786 bits per heavy atom. The van der Waals surface area contributed by atoms with Gasteiger partial charge in [0.05, 0.1) is 25.4 Å². The second-order valence-electron chi connectivity index (χ2n) is 21.9. The Kier molecular flexibility index (Phi) is 49.2. The molecule has 7 unspecified atom stereocenters. The smallest absolute Gasteiger partial charge is 0.220 e. The maximum Gasteiger partial charge on any atom is 0.220 e.